The highest BCUT2D eigenvalue weighted by molar-refractivity contribution is 5.83. The quantitative estimate of drug-likeness (QED) is 0.625. The van der Waals surface area contributed by atoms with Gasteiger partial charge in [-0.1, -0.05) is 48.0 Å². The zero-order chi connectivity index (χ0) is 13.5. The Hall–Kier alpha value is -0.370. The average molecular weight is 242 g/mol. The van der Waals surface area contributed by atoms with E-state index >= 15 is 0 Å². The third-order valence-corrected chi connectivity index (χ3v) is 2.78. The first-order valence-corrected chi connectivity index (χ1v) is 6.74. The second-order valence-corrected chi connectivity index (χ2v) is 7.05. The molecule has 0 unspecified atom stereocenters. The molecule has 0 aliphatic heterocycles. The molecule has 0 aromatic heterocycles. The average Bonchev–Trinajstić information content (AvgIpc) is 2.12. The SMILES string of the molecule is CC(C)(C)CCCCOCCC(=O)C(C)(C)C. The summed E-state index contributed by atoms with van der Waals surface area (Å²) < 4.78 is 5.49. The topological polar surface area (TPSA) is 26.3 Å². The number of hydrogen-bond acceptors (Lipinski definition) is 2. The molecule has 0 saturated carbocycles. The standard InChI is InChI=1S/C15H30O2/c1-14(2,3)10-7-8-11-17-12-9-13(16)15(4,5)6/h7-12H2,1-6H3. The fourth-order valence-corrected chi connectivity index (χ4v) is 1.50. The molecular formula is C15H30O2. The number of ketones is 1. The lowest BCUT2D eigenvalue weighted by atomic mass is 9.89. The Bertz CT molecular complexity index is 218. The van der Waals surface area contributed by atoms with E-state index in [4.69, 9.17) is 4.74 Å². The predicted octanol–water partition coefficient (Wildman–Crippen LogP) is 4.22. The van der Waals surface area contributed by atoms with Crippen molar-refractivity contribution in [1.82, 2.24) is 0 Å². The van der Waals surface area contributed by atoms with Gasteiger partial charge in [-0.25, -0.2) is 0 Å². The largest absolute Gasteiger partial charge is 0.381 e. The number of Topliss-reactive ketones (excluding diaryl/α,β-unsaturated/α-hetero) is 1. The third kappa shape index (κ3) is 10.5. The highest BCUT2D eigenvalue weighted by atomic mass is 16.5. The van der Waals surface area contributed by atoms with E-state index in [0.717, 1.165) is 13.0 Å². The van der Waals surface area contributed by atoms with Crippen LogP contribution in [0.15, 0.2) is 0 Å². The Kier molecular flexibility index (Phi) is 6.99. The zero-order valence-corrected chi connectivity index (χ0v) is 12.6. The van der Waals surface area contributed by atoms with Crippen molar-refractivity contribution in [1.29, 1.82) is 0 Å². The summed E-state index contributed by atoms with van der Waals surface area (Å²) >= 11 is 0. The van der Waals surface area contributed by atoms with E-state index in [-0.39, 0.29) is 11.2 Å². The van der Waals surface area contributed by atoms with Gasteiger partial charge in [-0.3, -0.25) is 4.79 Å². The first-order valence-electron chi connectivity index (χ1n) is 6.74. The fraction of sp³-hybridized carbons (Fsp3) is 0.933. The highest BCUT2D eigenvalue weighted by Gasteiger charge is 2.20. The number of carbonyl (C=O) groups is 1. The van der Waals surface area contributed by atoms with Crippen LogP contribution in [0.1, 0.15) is 67.2 Å². The van der Waals surface area contributed by atoms with Gasteiger partial charge in [0.15, 0.2) is 0 Å². The molecule has 0 rings (SSSR count). The molecule has 0 amide bonds. The van der Waals surface area contributed by atoms with Crippen LogP contribution in [0.3, 0.4) is 0 Å². The zero-order valence-electron chi connectivity index (χ0n) is 12.6. The van der Waals surface area contributed by atoms with Crippen molar-refractivity contribution < 1.29 is 9.53 Å². The molecule has 0 aliphatic rings. The highest BCUT2D eigenvalue weighted by Crippen LogP contribution is 2.21. The summed E-state index contributed by atoms with van der Waals surface area (Å²) in [6, 6.07) is 0. The van der Waals surface area contributed by atoms with E-state index in [1.807, 2.05) is 20.8 Å². The summed E-state index contributed by atoms with van der Waals surface area (Å²) in [5.74, 6) is 0.284. The minimum Gasteiger partial charge on any atom is -0.381 e. The molecular weight excluding hydrogens is 212 g/mol. The number of rotatable bonds is 7. The van der Waals surface area contributed by atoms with Crippen LogP contribution in [0.25, 0.3) is 0 Å². The number of hydrogen-bond donors (Lipinski definition) is 0. The van der Waals surface area contributed by atoms with Crippen molar-refractivity contribution >= 4 is 5.78 Å². The van der Waals surface area contributed by atoms with Crippen LogP contribution in [0.5, 0.6) is 0 Å². The summed E-state index contributed by atoms with van der Waals surface area (Å²) in [6.07, 6.45) is 4.08. The molecule has 0 atom stereocenters. The number of carbonyl (C=O) groups excluding carboxylic acids is 1. The summed E-state index contributed by atoms with van der Waals surface area (Å²) in [5.41, 5.74) is 0.192. The molecule has 0 saturated heterocycles. The van der Waals surface area contributed by atoms with Crippen molar-refractivity contribution in [3.63, 3.8) is 0 Å². The third-order valence-electron chi connectivity index (χ3n) is 2.78. The maximum atomic E-state index is 11.6. The van der Waals surface area contributed by atoms with Crippen LogP contribution in [-0.2, 0) is 9.53 Å². The summed E-state index contributed by atoms with van der Waals surface area (Å²) in [4.78, 5) is 11.6. The lowest BCUT2D eigenvalue weighted by Crippen LogP contribution is -2.21. The predicted molar refractivity (Wildman–Crippen MR) is 73.2 cm³/mol. The van der Waals surface area contributed by atoms with Crippen LogP contribution in [-0.4, -0.2) is 19.0 Å². The maximum Gasteiger partial charge on any atom is 0.140 e. The first-order chi connectivity index (χ1) is 7.63. The molecule has 0 heterocycles. The van der Waals surface area contributed by atoms with Crippen molar-refractivity contribution in [3.8, 4) is 0 Å². The van der Waals surface area contributed by atoms with E-state index in [0.29, 0.717) is 18.4 Å². The smallest absolute Gasteiger partial charge is 0.140 e. The summed E-state index contributed by atoms with van der Waals surface area (Å²) in [6.45, 7) is 14.0. The molecule has 0 radical (unpaired) electrons. The van der Waals surface area contributed by atoms with E-state index in [9.17, 15) is 4.79 Å². The van der Waals surface area contributed by atoms with Crippen molar-refractivity contribution in [3.05, 3.63) is 0 Å². The van der Waals surface area contributed by atoms with Crippen LogP contribution in [0.4, 0.5) is 0 Å². The summed E-state index contributed by atoms with van der Waals surface area (Å²) in [7, 11) is 0. The van der Waals surface area contributed by atoms with Gasteiger partial charge in [0.25, 0.3) is 0 Å². The van der Waals surface area contributed by atoms with Crippen LogP contribution >= 0.6 is 0 Å². The van der Waals surface area contributed by atoms with E-state index < -0.39 is 0 Å². The molecule has 2 heteroatoms. The molecule has 0 aromatic rings. The van der Waals surface area contributed by atoms with Gasteiger partial charge in [0.1, 0.15) is 5.78 Å². The van der Waals surface area contributed by atoms with Gasteiger partial charge in [0, 0.05) is 18.4 Å². The second-order valence-electron chi connectivity index (χ2n) is 7.05. The minimum absolute atomic E-state index is 0.227. The molecule has 102 valence electrons. The van der Waals surface area contributed by atoms with Crippen molar-refractivity contribution in [2.24, 2.45) is 10.8 Å². The monoisotopic (exact) mass is 242 g/mol. The second kappa shape index (κ2) is 7.15. The lowest BCUT2D eigenvalue weighted by Gasteiger charge is -2.18. The molecule has 0 aromatic carbocycles. The molecule has 17 heavy (non-hydrogen) atoms. The maximum absolute atomic E-state index is 11.6. The van der Waals surface area contributed by atoms with Gasteiger partial charge in [0.05, 0.1) is 6.61 Å². The van der Waals surface area contributed by atoms with E-state index in [1.54, 1.807) is 0 Å². The van der Waals surface area contributed by atoms with Crippen LogP contribution in [0, 0.1) is 10.8 Å². The minimum atomic E-state index is -0.227. The normalized spacial score (nSPS) is 12.8. The summed E-state index contributed by atoms with van der Waals surface area (Å²) in [5, 5.41) is 0. The van der Waals surface area contributed by atoms with Gasteiger partial charge in [-0.05, 0) is 18.3 Å². The molecule has 0 N–H and O–H groups in total. The Labute approximate surface area is 107 Å². The molecule has 2 nitrogen and oxygen atoms in total. The molecule has 0 bridgehead atoms. The Morgan fingerprint density at radius 1 is 0.941 bits per heavy atom. The van der Waals surface area contributed by atoms with Gasteiger partial charge in [0.2, 0.25) is 0 Å². The van der Waals surface area contributed by atoms with Gasteiger partial charge in [-0.15, -0.1) is 0 Å². The lowest BCUT2D eigenvalue weighted by molar-refractivity contribution is -0.127. The van der Waals surface area contributed by atoms with Crippen molar-refractivity contribution in [2.75, 3.05) is 13.2 Å². The number of unbranched alkanes of at least 4 members (excludes halogenated alkanes) is 1. The first kappa shape index (κ1) is 16.6. The Balaban J connectivity index is 3.39. The van der Waals surface area contributed by atoms with Gasteiger partial charge in [-0.2, -0.15) is 0 Å². The van der Waals surface area contributed by atoms with Crippen LogP contribution < -0.4 is 0 Å². The van der Waals surface area contributed by atoms with Gasteiger partial charge < -0.3 is 4.74 Å². The van der Waals surface area contributed by atoms with E-state index in [1.165, 1.54) is 12.8 Å². The fourth-order valence-electron chi connectivity index (χ4n) is 1.50. The molecule has 0 aliphatic carbocycles. The van der Waals surface area contributed by atoms with Gasteiger partial charge >= 0.3 is 0 Å². The Morgan fingerprint density at radius 3 is 2.00 bits per heavy atom. The Morgan fingerprint density at radius 2 is 1.53 bits per heavy atom. The van der Waals surface area contributed by atoms with Crippen molar-refractivity contribution in [2.45, 2.75) is 67.2 Å². The molecule has 0 fully saturated rings. The molecule has 0 spiro atoms. The number of ether oxygens (including phenoxy) is 1. The van der Waals surface area contributed by atoms with E-state index in [2.05, 4.69) is 20.8 Å². The van der Waals surface area contributed by atoms with Crippen LogP contribution in [0.2, 0.25) is 0 Å².